The molecular weight excluding hydrogens is 286 g/mol. The van der Waals surface area contributed by atoms with Crippen LogP contribution in [0.15, 0.2) is 12.2 Å². The molecule has 1 atom stereocenters. The predicted molar refractivity (Wildman–Crippen MR) is 70.3 cm³/mol. The number of ketones is 1. The zero-order chi connectivity index (χ0) is 15.7. The monoisotopic (exact) mass is 303 g/mol. The molecule has 1 aliphatic rings. The van der Waals surface area contributed by atoms with E-state index in [4.69, 9.17) is 4.55 Å². The lowest BCUT2D eigenvalue weighted by atomic mass is 9.88. The van der Waals surface area contributed by atoms with Gasteiger partial charge in [0.2, 0.25) is 0 Å². The van der Waals surface area contributed by atoms with Crippen molar-refractivity contribution in [2.45, 2.75) is 32.4 Å². The number of amides is 2. The largest absolute Gasteiger partial charge is 0.298 e. The summed E-state index contributed by atoms with van der Waals surface area (Å²) in [5, 5.41) is -1.65. The minimum absolute atomic E-state index is 0.239. The van der Waals surface area contributed by atoms with E-state index >= 15 is 0 Å². The maximum Gasteiger partial charge on any atom is 0.275 e. The van der Waals surface area contributed by atoms with Crippen molar-refractivity contribution in [3.63, 3.8) is 0 Å². The first-order valence-corrected chi connectivity index (χ1v) is 7.49. The minimum Gasteiger partial charge on any atom is -0.298 e. The van der Waals surface area contributed by atoms with E-state index in [1.807, 2.05) is 0 Å². The third-order valence-electron chi connectivity index (χ3n) is 2.91. The molecule has 0 aromatic carbocycles. The Labute approximate surface area is 117 Å². The van der Waals surface area contributed by atoms with Crippen LogP contribution in [0, 0.1) is 5.41 Å². The Balaban J connectivity index is 2.86. The average Bonchev–Trinajstić information content (AvgIpc) is 2.57. The van der Waals surface area contributed by atoms with E-state index in [0.717, 1.165) is 17.1 Å². The first-order valence-electron chi connectivity index (χ1n) is 5.99. The Kier molecular flexibility index (Phi) is 4.50. The summed E-state index contributed by atoms with van der Waals surface area (Å²) in [7, 11) is -4.59. The Bertz CT molecular complexity index is 551. The van der Waals surface area contributed by atoms with E-state index < -0.39 is 38.4 Å². The van der Waals surface area contributed by atoms with Gasteiger partial charge in [-0.1, -0.05) is 20.8 Å². The molecule has 0 aromatic heterocycles. The molecular formula is C12H17NO6S. The van der Waals surface area contributed by atoms with Crippen LogP contribution in [0.25, 0.3) is 0 Å². The van der Waals surface area contributed by atoms with Gasteiger partial charge in [-0.15, -0.1) is 0 Å². The van der Waals surface area contributed by atoms with Crippen molar-refractivity contribution in [1.29, 1.82) is 0 Å². The predicted octanol–water partition coefficient (Wildman–Crippen LogP) is 0.173. The highest BCUT2D eigenvalue weighted by molar-refractivity contribution is 7.87. The number of nitrogens with zero attached hydrogens (tertiary/aromatic N) is 1. The lowest BCUT2D eigenvalue weighted by molar-refractivity contribution is -0.137. The van der Waals surface area contributed by atoms with E-state index in [1.165, 1.54) is 20.8 Å². The number of hydrogen-bond donors (Lipinski definition) is 1. The first-order chi connectivity index (χ1) is 8.94. The summed E-state index contributed by atoms with van der Waals surface area (Å²) >= 11 is 0. The van der Waals surface area contributed by atoms with Crippen LogP contribution in [0.2, 0.25) is 0 Å². The van der Waals surface area contributed by atoms with Gasteiger partial charge in [-0.05, 0) is 6.42 Å². The highest BCUT2D eigenvalue weighted by Gasteiger charge is 2.38. The van der Waals surface area contributed by atoms with E-state index in [0.29, 0.717) is 0 Å². The fourth-order valence-corrected chi connectivity index (χ4v) is 2.82. The van der Waals surface area contributed by atoms with Gasteiger partial charge in [0.1, 0.15) is 5.25 Å². The van der Waals surface area contributed by atoms with Gasteiger partial charge in [0.15, 0.2) is 5.78 Å². The maximum atomic E-state index is 12.0. The Hall–Kier alpha value is -1.54. The third kappa shape index (κ3) is 3.73. The summed E-state index contributed by atoms with van der Waals surface area (Å²) in [5.74, 6) is -1.79. The second kappa shape index (κ2) is 5.45. The van der Waals surface area contributed by atoms with Crippen molar-refractivity contribution < 1.29 is 27.4 Å². The highest BCUT2D eigenvalue weighted by atomic mass is 32.2. The summed E-state index contributed by atoms with van der Waals surface area (Å²) in [6, 6.07) is 0. The summed E-state index contributed by atoms with van der Waals surface area (Å²) in [6.45, 7) is 4.35. The summed E-state index contributed by atoms with van der Waals surface area (Å²) < 4.78 is 31.8. The molecule has 0 aliphatic carbocycles. The normalized spacial score (nSPS) is 17.7. The lowest BCUT2D eigenvalue weighted by Gasteiger charge is -2.24. The van der Waals surface area contributed by atoms with Gasteiger partial charge in [-0.2, -0.15) is 8.42 Å². The zero-order valence-corrected chi connectivity index (χ0v) is 12.3. The van der Waals surface area contributed by atoms with Crippen molar-refractivity contribution in [1.82, 2.24) is 4.90 Å². The van der Waals surface area contributed by atoms with Crippen LogP contribution in [-0.2, 0) is 24.5 Å². The molecule has 1 heterocycles. The molecule has 1 unspecified atom stereocenters. The first kappa shape index (κ1) is 16.5. The van der Waals surface area contributed by atoms with Crippen LogP contribution in [-0.4, -0.2) is 47.3 Å². The molecule has 20 heavy (non-hydrogen) atoms. The number of carbonyl (C=O) groups excluding carboxylic acids is 3. The van der Waals surface area contributed by atoms with Crippen molar-refractivity contribution in [3.8, 4) is 0 Å². The van der Waals surface area contributed by atoms with E-state index in [-0.39, 0.29) is 13.0 Å². The number of rotatable bonds is 5. The van der Waals surface area contributed by atoms with Gasteiger partial charge >= 0.3 is 0 Å². The second-order valence-corrected chi connectivity index (χ2v) is 7.17. The molecule has 0 bridgehead atoms. The molecule has 0 aromatic rings. The van der Waals surface area contributed by atoms with Crippen LogP contribution in [0.5, 0.6) is 0 Å². The number of imide groups is 1. The van der Waals surface area contributed by atoms with Crippen molar-refractivity contribution >= 4 is 27.7 Å². The molecule has 1 N–H and O–H groups in total. The van der Waals surface area contributed by atoms with Crippen LogP contribution in [0.4, 0.5) is 0 Å². The number of hydrogen-bond acceptors (Lipinski definition) is 5. The molecule has 8 heteroatoms. The minimum atomic E-state index is -4.59. The molecule has 0 radical (unpaired) electrons. The third-order valence-corrected chi connectivity index (χ3v) is 4.08. The van der Waals surface area contributed by atoms with Crippen LogP contribution in [0.1, 0.15) is 27.2 Å². The number of carbonyl (C=O) groups is 3. The SMILES string of the molecule is CC(C)(C)C(=O)C(CCN1C(=O)C=CC1=O)S(=O)(=O)O. The molecule has 0 saturated carbocycles. The summed E-state index contributed by atoms with van der Waals surface area (Å²) in [5.41, 5.74) is -0.961. The van der Waals surface area contributed by atoms with Gasteiger partial charge in [0, 0.05) is 24.1 Å². The standard InChI is InChI=1S/C12H17NO6S/c1-12(2,3)11(16)8(20(17,18)19)6-7-13-9(14)4-5-10(13)15/h4-5,8H,6-7H2,1-3H3,(H,17,18,19). The molecule has 0 fully saturated rings. The fraction of sp³-hybridized carbons (Fsp3) is 0.583. The Morgan fingerprint density at radius 2 is 1.70 bits per heavy atom. The van der Waals surface area contributed by atoms with E-state index in [1.54, 1.807) is 0 Å². The smallest absolute Gasteiger partial charge is 0.275 e. The highest BCUT2D eigenvalue weighted by Crippen LogP contribution is 2.22. The van der Waals surface area contributed by atoms with Gasteiger partial charge in [0.25, 0.3) is 21.9 Å². The van der Waals surface area contributed by atoms with Crippen LogP contribution in [0.3, 0.4) is 0 Å². The zero-order valence-electron chi connectivity index (χ0n) is 11.5. The van der Waals surface area contributed by atoms with Crippen molar-refractivity contribution in [2.75, 3.05) is 6.54 Å². The average molecular weight is 303 g/mol. The van der Waals surface area contributed by atoms with Crippen LogP contribution < -0.4 is 0 Å². The van der Waals surface area contributed by atoms with Crippen LogP contribution >= 0.6 is 0 Å². The van der Waals surface area contributed by atoms with E-state index in [2.05, 4.69) is 0 Å². The number of Topliss-reactive ketones (excluding diaryl/α,β-unsaturated/α-hetero) is 1. The summed E-state index contributed by atoms with van der Waals surface area (Å²) in [6.07, 6.45) is 1.81. The van der Waals surface area contributed by atoms with Gasteiger partial charge in [-0.3, -0.25) is 23.8 Å². The maximum absolute atomic E-state index is 12.0. The van der Waals surface area contributed by atoms with E-state index in [9.17, 15) is 22.8 Å². The lowest BCUT2D eigenvalue weighted by Crippen LogP contribution is -2.41. The Morgan fingerprint density at radius 1 is 1.25 bits per heavy atom. The molecule has 7 nitrogen and oxygen atoms in total. The summed E-state index contributed by atoms with van der Waals surface area (Å²) in [4.78, 5) is 35.5. The quantitative estimate of drug-likeness (QED) is 0.573. The van der Waals surface area contributed by atoms with Gasteiger partial charge in [0.05, 0.1) is 0 Å². The molecule has 0 spiro atoms. The van der Waals surface area contributed by atoms with Gasteiger partial charge < -0.3 is 0 Å². The second-order valence-electron chi connectivity index (χ2n) is 5.57. The topological polar surface area (TPSA) is 109 Å². The molecule has 1 aliphatic heterocycles. The fourth-order valence-electron chi connectivity index (χ4n) is 1.80. The molecule has 1 rings (SSSR count). The molecule has 112 valence electrons. The van der Waals surface area contributed by atoms with Crippen molar-refractivity contribution in [2.24, 2.45) is 5.41 Å². The van der Waals surface area contributed by atoms with Crippen molar-refractivity contribution in [3.05, 3.63) is 12.2 Å². The Morgan fingerprint density at radius 3 is 2.05 bits per heavy atom. The van der Waals surface area contributed by atoms with Gasteiger partial charge in [-0.25, -0.2) is 0 Å². The molecule has 2 amide bonds. The molecule has 0 saturated heterocycles.